The summed E-state index contributed by atoms with van der Waals surface area (Å²) in [5.74, 6) is 0. The van der Waals surface area contributed by atoms with Gasteiger partial charge in [-0.05, 0) is 49.2 Å². The fourth-order valence-electron chi connectivity index (χ4n) is 3.37. The van der Waals surface area contributed by atoms with Crippen molar-refractivity contribution in [2.45, 2.75) is 26.9 Å². The third-order valence-corrected chi connectivity index (χ3v) is 5.16. The minimum atomic E-state index is -0.413. The predicted molar refractivity (Wildman–Crippen MR) is 111 cm³/mol. The molecule has 0 unspecified atom stereocenters. The van der Waals surface area contributed by atoms with Crippen molar-refractivity contribution in [1.82, 2.24) is 18.7 Å². The zero-order valence-corrected chi connectivity index (χ0v) is 16.3. The number of halogens is 1. The summed E-state index contributed by atoms with van der Waals surface area (Å²) in [5.41, 5.74) is 2.83. The molecule has 4 aromatic rings. The average Bonchev–Trinajstić information content (AvgIpc) is 3.09. The molecule has 0 spiro atoms. The summed E-state index contributed by atoms with van der Waals surface area (Å²) in [6.45, 7) is 4.59. The number of benzene rings is 2. The van der Waals surface area contributed by atoms with Gasteiger partial charge in [0.2, 0.25) is 0 Å². The van der Waals surface area contributed by atoms with Crippen LogP contribution in [-0.2, 0) is 13.1 Å². The van der Waals surface area contributed by atoms with E-state index in [9.17, 15) is 9.59 Å². The van der Waals surface area contributed by atoms with Crippen molar-refractivity contribution in [3.8, 4) is 5.69 Å². The summed E-state index contributed by atoms with van der Waals surface area (Å²) >= 11 is 5.99. The Morgan fingerprint density at radius 1 is 1.04 bits per heavy atom. The number of nitrogens with zero attached hydrogens (tertiary/aromatic N) is 4. The third-order valence-electron chi connectivity index (χ3n) is 4.90. The van der Waals surface area contributed by atoms with Crippen LogP contribution >= 0.6 is 11.6 Å². The molecule has 2 aromatic heterocycles. The number of imidazole rings is 1. The highest BCUT2D eigenvalue weighted by Gasteiger charge is 2.18. The molecule has 2 aromatic carbocycles. The second kappa shape index (κ2) is 7.13. The van der Waals surface area contributed by atoms with Crippen LogP contribution in [0.2, 0.25) is 5.02 Å². The Labute approximate surface area is 166 Å². The van der Waals surface area contributed by atoms with Crippen LogP contribution in [0.15, 0.2) is 64.4 Å². The van der Waals surface area contributed by atoms with Gasteiger partial charge < -0.3 is 4.57 Å². The van der Waals surface area contributed by atoms with Crippen molar-refractivity contribution < 1.29 is 0 Å². The van der Waals surface area contributed by atoms with Crippen molar-refractivity contribution in [2.24, 2.45) is 0 Å². The molecule has 2 heterocycles. The van der Waals surface area contributed by atoms with Crippen LogP contribution in [0.4, 0.5) is 0 Å². The van der Waals surface area contributed by atoms with E-state index in [4.69, 9.17) is 11.6 Å². The van der Waals surface area contributed by atoms with E-state index >= 15 is 0 Å². The van der Waals surface area contributed by atoms with Crippen LogP contribution in [0.25, 0.3) is 16.9 Å². The number of hydrogen-bond acceptors (Lipinski definition) is 3. The zero-order valence-electron chi connectivity index (χ0n) is 15.6. The van der Waals surface area contributed by atoms with E-state index in [1.165, 1.54) is 9.13 Å². The molecular formula is C21H19ClN4O2. The zero-order chi connectivity index (χ0) is 19.8. The van der Waals surface area contributed by atoms with Crippen molar-refractivity contribution in [3.63, 3.8) is 0 Å². The molecule has 0 amide bonds. The van der Waals surface area contributed by atoms with Gasteiger partial charge in [-0.2, -0.15) is 0 Å². The highest BCUT2D eigenvalue weighted by atomic mass is 35.5. The van der Waals surface area contributed by atoms with Crippen LogP contribution < -0.4 is 11.2 Å². The summed E-state index contributed by atoms with van der Waals surface area (Å²) in [6, 6.07) is 14.9. The second-order valence-corrected chi connectivity index (χ2v) is 7.05. The smallest absolute Gasteiger partial charge is 0.320 e. The first-order valence-corrected chi connectivity index (χ1v) is 9.40. The highest BCUT2D eigenvalue weighted by Crippen LogP contribution is 2.17. The molecule has 28 heavy (non-hydrogen) atoms. The minimum absolute atomic E-state index is 0.275. The van der Waals surface area contributed by atoms with E-state index in [-0.39, 0.29) is 12.1 Å². The van der Waals surface area contributed by atoms with Gasteiger partial charge in [0.05, 0.1) is 12.0 Å². The average molecular weight is 395 g/mol. The van der Waals surface area contributed by atoms with Crippen molar-refractivity contribution in [2.75, 3.05) is 0 Å². The maximum atomic E-state index is 13.0. The van der Waals surface area contributed by atoms with Gasteiger partial charge in [0, 0.05) is 18.1 Å². The maximum Gasteiger partial charge on any atom is 0.337 e. The summed E-state index contributed by atoms with van der Waals surface area (Å²) in [6.07, 6.45) is 1.62. The lowest BCUT2D eigenvalue weighted by atomic mass is 10.1. The second-order valence-electron chi connectivity index (χ2n) is 6.61. The third kappa shape index (κ3) is 2.96. The van der Waals surface area contributed by atoms with Crippen LogP contribution in [0.1, 0.15) is 18.1 Å². The van der Waals surface area contributed by atoms with Crippen molar-refractivity contribution in [3.05, 3.63) is 91.8 Å². The van der Waals surface area contributed by atoms with E-state index in [1.54, 1.807) is 42.1 Å². The lowest BCUT2D eigenvalue weighted by Gasteiger charge is -2.12. The molecule has 0 aliphatic heterocycles. The molecule has 0 saturated heterocycles. The SMILES string of the molecule is CCn1c(=O)c2c(ncn2Cc2ccccc2C)n(-c2ccc(Cl)cc2)c1=O. The van der Waals surface area contributed by atoms with Gasteiger partial charge in [-0.1, -0.05) is 35.9 Å². The van der Waals surface area contributed by atoms with Gasteiger partial charge in [0.15, 0.2) is 11.2 Å². The van der Waals surface area contributed by atoms with E-state index in [0.29, 0.717) is 28.4 Å². The summed E-state index contributed by atoms with van der Waals surface area (Å²) < 4.78 is 4.50. The molecule has 142 valence electrons. The van der Waals surface area contributed by atoms with Crippen LogP contribution in [0.3, 0.4) is 0 Å². The first-order valence-electron chi connectivity index (χ1n) is 9.02. The minimum Gasteiger partial charge on any atom is -0.320 e. The standard InChI is InChI=1S/C21H19ClN4O2/c1-3-25-20(27)18-19(26(21(25)28)17-10-8-16(22)9-11-17)23-13-24(18)12-15-7-5-4-6-14(15)2/h4-11,13H,3,12H2,1-2H3. The molecule has 0 N–H and O–H groups in total. The Morgan fingerprint density at radius 2 is 1.75 bits per heavy atom. The number of rotatable bonds is 4. The van der Waals surface area contributed by atoms with E-state index < -0.39 is 5.69 Å². The molecule has 7 heteroatoms. The molecule has 0 saturated carbocycles. The Morgan fingerprint density at radius 3 is 2.43 bits per heavy atom. The monoisotopic (exact) mass is 394 g/mol. The molecule has 4 rings (SSSR count). The molecule has 0 bridgehead atoms. The molecule has 6 nitrogen and oxygen atoms in total. The van der Waals surface area contributed by atoms with E-state index in [1.807, 2.05) is 31.2 Å². The van der Waals surface area contributed by atoms with Gasteiger partial charge in [-0.15, -0.1) is 0 Å². The van der Waals surface area contributed by atoms with Crippen molar-refractivity contribution in [1.29, 1.82) is 0 Å². The quantitative estimate of drug-likeness (QED) is 0.533. The van der Waals surface area contributed by atoms with Gasteiger partial charge in [-0.25, -0.2) is 14.3 Å². The molecule has 0 radical (unpaired) electrons. The molecule has 0 fully saturated rings. The molecule has 0 atom stereocenters. The number of fused-ring (bicyclic) bond motifs is 1. The van der Waals surface area contributed by atoms with Gasteiger partial charge in [-0.3, -0.25) is 9.36 Å². The van der Waals surface area contributed by atoms with E-state index in [2.05, 4.69) is 4.98 Å². The fraction of sp³-hybridized carbons (Fsp3) is 0.190. The van der Waals surface area contributed by atoms with Gasteiger partial charge in [0.1, 0.15) is 0 Å². The topological polar surface area (TPSA) is 61.8 Å². The first-order chi connectivity index (χ1) is 13.5. The lowest BCUT2D eigenvalue weighted by molar-refractivity contribution is 0.655. The Balaban J connectivity index is 2.00. The lowest BCUT2D eigenvalue weighted by Crippen LogP contribution is -2.39. The number of aromatic nitrogens is 4. The molecular weight excluding hydrogens is 376 g/mol. The highest BCUT2D eigenvalue weighted by molar-refractivity contribution is 6.30. The number of hydrogen-bond donors (Lipinski definition) is 0. The van der Waals surface area contributed by atoms with Crippen LogP contribution in [-0.4, -0.2) is 18.7 Å². The normalized spacial score (nSPS) is 11.2. The Hall–Kier alpha value is -3.12. The van der Waals surface area contributed by atoms with E-state index in [0.717, 1.165) is 11.1 Å². The number of aryl methyl sites for hydroxylation is 1. The predicted octanol–water partition coefficient (Wildman–Crippen LogP) is 3.38. The first kappa shape index (κ1) is 18.3. The fourth-order valence-corrected chi connectivity index (χ4v) is 3.50. The molecule has 0 aliphatic rings. The van der Waals surface area contributed by atoms with Crippen LogP contribution in [0.5, 0.6) is 0 Å². The molecule has 0 aliphatic carbocycles. The maximum absolute atomic E-state index is 13.0. The Bertz CT molecular complexity index is 1280. The van der Waals surface area contributed by atoms with Crippen molar-refractivity contribution >= 4 is 22.8 Å². The largest absolute Gasteiger partial charge is 0.337 e. The Kier molecular flexibility index (Phi) is 4.65. The summed E-state index contributed by atoms with van der Waals surface area (Å²) in [4.78, 5) is 30.4. The summed E-state index contributed by atoms with van der Waals surface area (Å²) in [5, 5.41) is 0.571. The van der Waals surface area contributed by atoms with Gasteiger partial charge in [0.25, 0.3) is 5.56 Å². The van der Waals surface area contributed by atoms with Gasteiger partial charge >= 0.3 is 5.69 Å². The summed E-state index contributed by atoms with van der Waals surface area (Å²) in [7, 11) is 0. The van der Waals surface area contributed by atoms with Crippen LogP contribution in [0, 0.1) is 6.92 Å².